The van der Waals surface area contributed by atoms with E-state index in [1.54, 1.807) is 6.20 Å². The van der Waals surface area contributed by atoms with Gasteiger partial charge in [-0.3, -0.25) is 5.10 Å². The Bertz CT molecular complexity index is 565. The Hall–Kier alpha value is -2.29. The van der Waals surface area contributed by atoms with Gasteiger partial charge in [0.2, 0.25) is 0 Å². The minimum Gasteiger partial charge on any atom is -0.355 e. The zero-order valence-electron chi connectivity index (χ0n) is 8.70. The Labute approximate surface area is 93.5 Å². The van der Waals surface area contributed by atoms with Crippen molar-refractivity contribution in [3.8, 4) is 0 Å². The second-order valence-corrected chi connectivity index (χ2v) is 3.74. The van der Waals surface area contributed by atoms with Crippen LogP contribution in [0.3, 0.4) is 0 Å². The van der Waals surface area contributed by atoms with E-state index in [0.29, 0.717) is 0 Å². The zero-order chi connectivity index (χ0) is 11.0. The number of H-pyrrole nitrogens is 1. The molecule has 0 aliphatic carbocycles. The summed E-state index contributed by atoms with van der Waals surface area (Å²) in [5.41, 5.74) is 5.30. The van der Waals surface area contributed by atoms with Crippen LogP contribution in [0.2, 0.25) is 0 Å². The van der Waals surface area contributed by atoms with Crippen LogP contribution in [0, 0.1) is 0 Å². The van der Waals surface area contributed by atoms with Crippen LogP contribution in [-0.4, -0.2) is 10.2 Å². The van der Waals surface area contributed by atoms with Crippen molar-refractivity contribution in [2.45, 2.75) is 0 Å². The van der Waals surface area contributed by atoms with Crippen molar-refractivity contribution in [2.75, 3.05) is 5.32 Å². The standard InChI is InChI=1S/C13H11N3/c1-9-12(11-7-14-15-8-11)6-10-4-2-3-5-13(10)16-9/h2-8,16H,1H2,(H,14,15). The monoisotopic (exact) mass is 209 g/mol. The fourth-order valence-electron chi connectivity index (χ4n) is 1.86. The largest absolute Gasteiger partial charge is 0.355 e. The van der Waals surface area contributed by atoms with Gasteiger partial charge in [-0.15, -0.1) is 0 Å². The normalized spacial score (nSPS) is 14.0. The number of benzene rings is 1. The molecule has 1 aliphatic heterocycles. The molecule has 2 aromatic rings. The first kappa shape index (κ1) is 8.97. The number of aromatic amines is 1. The van der Waals surface area contributed by atoms with Crippen molar-refractivity contribution < 1.29 is 0 Å². The Balaban J connectivity index is 2.14. The van der Waals surface area contributed by atoms with E-state index in [9.17, 15) is 0 Å². The second kappa shape index (κ2) is 3.38. The Morgan fingerprint density at radius 2 is 2.06 bits per heavy atom. The second-order valence-electron chi connectivity index (χ2n) is 3.74. The van der Waals surface area contributed by atoms with E-state index in [2.05, 4.69) is 34.2 Å². The maximum Gasteiger partial charge on any atom is 0.0566 e. The van der Waals surface area contributed by atoms with Crippen LogP contribution in [0.5, 0.6) is 0 Å². The predicted octanol–water partition coefficient (Wildman–Crippen LogP) is 2.89. The van der Waals surface area contributed by atoms with Gasteiger partial charge in [-0.1, -0.05) is 24.8 Å². The van der Waals surface area contributed by atoms with Gasteiger partial charge in [-0.05, 0) is 17.7 Å². The van der Waals surface area contributed by atoms with Crippen LogP contribution < -0.4 is 5.32 Å². The van der Waals surface area contributed by atoms with Crippen LogP contribution in [0.1, 0.15) is 11.1 Å². The SMILES string of the molecule is C=C1Nc2ccccc2C=C1c1cn[nH]c1. The van der Waals surface area contributed by atoms with Gasteiger partial charge in [0, 0.05) is 28.7 Å². The summed E-state index contributed by atoms with van der Waals surface area (Å²) in [6, 6.07) is 8.16. The van der Waals surface area contributed by atoms with Gasteiger partial charge in [0.1, 0.15) is 0 Å². The predicted molar refractivity (Wildman–Crippen MR) is 65.7 cm³/mol. The number of rotatable bonds is 1. The molecule has 0 atom stereocenters. The number of allylic oxidation sites excluding steroid dienone is 1. The Kier molecular flexibility index (Phi) is 1.90. The lowest BCUT2D eigenvalue weighted by Gasteiger charge is -2.20. The fourth-order valence-corrected chi connectivity index (χ4v) is 1.86. The maximum atomic E-state index is 4.03. The lowest BCUT2D eigenvalue weighted by Crippen LogP contribution is -2.06. The molecule has 0 amide bonds. The number of para-hydroxylation sites is 1. The van der Waals surface area contributed by atoms with Gasteiger partial charge in [-0.2, -0.15) is 5.10 Å². The molecule has 0 spiro atoms. The third-order valence-electron chi connectivity index (χ3n) is 2.68. The number of hydrogen-bond donors (Lipinski definition) is 2. The van der Waals surface area contributed by atoms with Gasteiger partial charge >= 0.3 is 0 Å². The van der Waals surface area contributed by atoms with E-state index in [1.165, 1.54) is 5.56 Å². The van der Waals surface area contributed by atoms with Crippen LogP contribution in [0.4, 0.5) is 5.69 Å². The first-order valence-electron chi connectivity index (χ1n) is 5.11. The van der Waals surface area contributed by atoms with E-state index in [0.717, 1.165) is 22.5 Å². The number of nitrogens with zero attached hydrogens (tertiary/aromatic N) is 1. The van der Waals surface area contributed by atoms with E-state index in [-0.39, 0.29) is 0 Å². The fraction of sp³-hybridized carbons (Fsp3) is 0. The topological polar surface area (TPSA) is 40.7 Å². The summed E-state index contributed by atoms with van der Waals surface area (Å²) in [4.78, 5) is 0. The molecule has 1 aromatic carbocycles. The molecule has 2 N–H and O–H groups in total. The Morgan fingerprint density at radius 1 is 1.19 bits per heavy atom. The average molecular weight is 209 g/mol. The van der Waals surface area contributed by atoms with Gasteiger partial charge in [-0.25, -0.2) is 0 Å². The molecular formula is C13H11N3. The van der Waals surface area contributed by atoms with Gasteiger partial charge in [0.05, 0.1) is 6.20 Å². The molecule has 3 heteroatoms. The van der Waals surface area contributed by atoms with Crippen LogP contribution in [-0.2, 0) is 0 Å². The van der Waals surface area contributed by atoms with Crippen molar-refractivity contribution >= 4 is 17.3 Å². The Morgan fingerprint density at radius 3 is 2.88 bits per heavy atom. The summed E-state index contributed by atoms with van der Waals surface area (Å²) < 4.78 is 0. The van der Waals surface area contributed by atoms with E-state index >= 15 is 0 Å². The number of fused-ring (bicyclic) bond motifs is 1. The third kappa shape index (κ3) is 1.34. The lowest BCUT2D eigenvalue weighted by molar-refractivity contribution is 1.09. The highest BCUT2D eigenvalue weighted by Gasteiger charge is 2.14. The van der Waals surface area contributed by atoms with Crippen molar-refractivity contribution in [3.05, 3.63) is 60.1 Å². The maximum absolute atomic E-state index is 4.03. The van der Waals surface area contributed by atoms with Crippen molar-refractivity contribution in [3.63, 3.8) is 0 Å². The molecule has 0 fully saturated rings. The van der Waals surface area contributed by atoms with E-state index in [4.69, 9.17) is 0 Å². The quantitative estimate of drug-likeness (QED) is 0.758. The summed E-state index contributed by atoms with van der Waals surface area (Å²) in [7, 11) is 0. The smallest absolute Gasteiger partial charge is 0.0566 e. The molecule has 16 heavy (non-hydrogen) atoms. The molecule has 0 radical (unpaired) electrons. The lowest BCUT2D eigenvalue weighted by atomic mass is 9.98. The summed E-state index contributed by atoms with van der Waals surface area (Å²) in [6.07, 6.45) is 5.79. The molecule has 0 bridgehead atoms. The third-order valence-corrected chi connectivity index (χ3v) is 2.68. The van der Waals surface area contributed by atoms with Crippen molar-refractivity contribution in [1.29, 1.82) is 0 Å². The van der Waals surface area contributed by atoms with Crippen molar-refractivity contribution in [2.24, 2.45) is 0 Å². The van der Waals surface area contributed by atoms with E-state index in [1.807, 2.05) is 24.4 Å². The van der Waals surface area contributed by atoms with Crippen LogP contribution in [0.25, 0.3) is 11.6 Å². The summed E-state index contributed by atoms with van der Waals surface area (Å²) in [5, 5.41) is 10.1. The summed E-state index contributed by atoms with van der Waals surface area (Å²) in [5.74, 6) is 0. The van der Waals surface area contributed by atoms with Gasteiger partial charge < -0.3 is 5.32 Å². The van der Waals surface area contributed by atoms with Gasteiger partial charge in [0.25, 0.3) is 0 Å². The average Bonchev–Trinajstić information content (AvgIpc) is 2.81. The molecule has 1 aliphatic rings. The minimum absolute atomic E-state index is 0.903. The van der Waals surface area contributed by atoms with E-state index < -0.39 is 0 Å². The molecule has 78 valence electrons. The highest BCUT2D eigenvalue weighted by Crippen LogP contribution is 2.33. The molecule has 3 rings (SSSR count). The molecule has 1 aromatic heterocycles. The summed E-state index contributed by atoms with van der Waals surface area (Å²) >= 11 is 0. The molecular weight excluding hydrogens is 198 g/mol. The van der Waals surface area contributed by atoms with Crippen molar-refractivity contribution in [1.82, 2.24) is 10.2 Å². The number of anilines is 1. The number of nitrogens with one attached hydrogen (secondary N) is 2. The van der Waals surface area contributed by atoms with Crippen LogP contribution in [0.15, 0.2) is 48.9 Å². The molecule has 3 nitrogen and oxygen atoms in total. The van der Waals surface area contributed by atoms with Crippen LogP contribution >= 0.6 is 0 Å². The summed E-state index contributed by atoms with van der Waals surface area (Å²) in [6.45, 7) is 4.03. The first-order valence-corrected chi connectivity index (χ1v) is 5.11. The minimum atomic E-state index is 0.903. The molecule has 0 saturated carbocycles. The molecule has 0 unspecified atom stereocenters. The highest BCUT2D eigenvalue weighted by molar-refractivity contribution is 5.98. The molecule has 2 heterocycles. The number of aromatic nitrogens is 2. The molecule has 0 saturated heterocycles. The zero-order valence-corrected chi connectivity index (χ0v) is 8.70. The first-order chi connectivity index (χ1) is 7.84. The number of hydrogen-bond acceptors (Lipinski definition) is 2. The van der Waals surface area contributed by atoms with Gasteiger partial charge in [0.15, 0.2) is 0 Å². The highest BCUT2D eigenvalue weighted by atomic mass is 15.1.